The molecule has 0 amide bonds. The number of carbonyl (C=O) groups is 3. The van der Waals surface area contributed by atoms with E-state index in [-0.39, 0.29) is 23.0 Å². The third-order valence-corrected chi connectivity index (χ3v) is 6.24. The van der Waals surface area contributed by atoms with Crippen LogP contribution in [0.25, 0.3) is 21.7 Å². The first-order chi connectivity index (χ1) is 19.4. The molecular formula is C30H25N3O7. The molecule has 0 bridgehead atoms. The van der Waals surface area contributed by atoms with Crippen LogP contribution in [0.15, 0.2) is 78.5 Å². The van der Waals surface area contributed by atoms with E-state index in [4.69, 9.17) is 18.9 Å². The van der Waals surface area contributed by atoms with Crippen LogP contribution in [0.5, 0.6) is 17.2 Å². The number of methoxy groups -OCH3 is 2. The predicted octanol–water partition coefficient (Wildman–Crippen LogP) is 4.43. The van der Waals surface area contributed by atoms with E-state index in [0.717, 1.165) is 17.5 Å². The van der Waals surface area contributed by atoms with Crippen molar-refractivity contribution in [1.29, 1.82) is 0 Å². The van der Waals surface area contributed by atoms with Gasteiger partial charge in [0.05, 0.1) is 30.5 Å². The van der Waals surface area contributed by atoms with Crippen LogP contribution < -0.4 is 19.5 Å². The number of carbonyl (C=O) groups excluding carboxylic acids is 3. The Hall–Kier alpha value is -5.09. The third-order valence-electron chi connectivity index (χ3n) is 6.24. The van der Waals surface area contributed by atoms with Crippen LogP contribution >= 0.6 is 0 Å². The summed E-state index contributed by atoms with van der Waals surface area (Å²) in [6.45, 7) is 2.14. The van der Waals surface area contributed by atoms with Crippen molar-refractivity contribution in [2.45, 2.75) is 6.92 Å². The van der Waals surface area contributed by atoms with Crippen molar-refractivity contribution in [3.63, 3.8) is 0 Å². The van der Waals surface area contributed by atoms with Crippen molar-refractivity contribution in [2.75, 3.05) is 32.8 Å². The molecule has 40 heavy (non-hydrogen) atoms. The fourth-order valence-electron chi connectivity index (χ4n) is 4.26. The Morgan fingerprint density at radius 2 is 1.73 bits per heavy atom. The first kappa shape index (κ1) is 26.5. The number of rotatable bonds is 10. The molecule has 1 aliphatic carbocycles. The zero-order valence-corrected chi connectivity index (χ0v) is 22.0. The highest BCUT2D eigenvalue weighted by molar-refractivity contribution is 6.21. The second-order valence-corrected chi connectivity index (χ2v) is 8.83. The van der Waals surface area contributed by atoms with Gasteiger partial charge in [-0.25, -0.2) is 9.97 Å². The Morgan fingerprint density at radius 3 is 2.50 bits per heavy atom. The lowest BCUT2D eigenvalue weighted by Crippen LogP contribution is -2.21. The molecule has 0 aliphatic heterocycles. The van der Waals surface area contributed by atoms with Gasteiger partial charge in [-0.05, 0) is 24.4 Å². The van der Waals surface area contributed by atoms with E-state index in [1.165, 1.54) is 20.4 Å². The Kier molecular flexibility index (Phi) is 7.52. The van der Waals surface area contributed by atoms with Crippen LogP contribution in [0, 0.1) is 0 Å². The minimum absolute atomic E-state index is 0.00134. The van der Waals surface area contributed by atoms with Crippen molar-refractivity contribution in [1.82, 2.24) is 9.97 Å². The van der Waals surface area contributed by atoms with Crippen molar-refractivity contribution < 1.29 is 33.3 Å². The summed E-state index contributed by atoms with van der Waals surface area (Å²) in [6.07, 6.45) is 3.58. The summed E-state index contributed by atoms with van der Waals surface area (Å²) in [5.74, 6) is -0.0400. The molecule has 3 aromatic carbocycles. The summed E-state index contributed by atoms with van der Waals surface area (Å²) in [4.78, 5) is 47.0. The van der Waals surface area contributed by atoms with Gasteiger partial charge in [0, 0.05) is 36.1 Å². The molecule has 10 nitrogen and oxygen atoms in total. The fourth-order valence-corrected chi connectivity index (χ4v) is 4.26. The van der Waals surface area contributed by atoms with Gasteiger partial charge >= 0.3 is 0 Å². The maximum atomic E-state index is 13.1. The zero-order valence-electron chi connectivity index (χ0n) is 22.0. The number of benzene rings is 3. The molecule has 0 unspecified atom stereocenters. The number of ether oxygens (including phenoxy) is 4. The Morgan fingerprint density at radius 1 is 0.900 bits per heavy atom. The number of nitrogens with one attached hydrogen (secondary N) is 1. The number of hydrogen-bond acceptors (Lipinski definition) is 10. The van der Waals surface area contributed by atoms with Crippen LogP contribution in [0.1, 0.15) is 17.3 Å². The van der Waals surface area contributed by atoms with Gasteiger partial charge in [0.1, 0.15) is 24.5 Å². The number of anilines is 1. The lowest BCUT2D eigenvalue weighted by atomic mass is 10.0. The van der Waals surface area contributed by atoms with E-state index in [0.29, 0.717) is 52.4 Å². The number of Topliss-reactive ketones (excluding diaryl/α,β-unsaturated/α-hetero) is 1. The van der Waals surface area contributed by atoms with E-state index in [1.54, 1.807) is 43.5 Å². The van der Waals surface area contributed by atoms with Gasteiger partial charge in [-0.2, -0.15) is 0 Å². The minimum atomic E-state index is -0.547. The molecule has 0 radical (unpaired) electrons. The van der Waals surface area contributed by atoms with Crippen LogP contribution in [-0.4, -0.2) is 54.8 Å². The van der Waals surface area contributed by atoms with Gasteiger partial charge in [-0.3, -0.25) is 14.4 Å². The highest BCUT2D eigenvalue weighted by atomic mass is 16.5. The SMILES string of the molecule is COCCOc1cc2ncnc(NC3=CC(=O)C(Oc4c(C(C)=O)ccc5ccccc45)=CC3=O)c2cc1OC. The van der Waals surface area contributed by atoms with E-state index in [1.807, 2.05) is 12.1 Å². The highest BCUT2D eigenvalue weighted by Gasteiger charge is 2.25. The van der Waals surface area contributed by atoms with E-state index in [2.05, 4.69) is 15.3 Å². The average Bonchev–Trinajstić information content (AvgIpc) is 2.95. The highest BCUT2D eigenvalue weighted by Crippen LogP contribution is 2.35. The Labute approximate surface area is 229 Å². The number of aromatic nitrogens is 2. The molecule has 1 aromatic heterocycles. The number of ketones is 3. The summed E-state index contributed by atoms with van der Waals surface area (Å²) < 4.78 is 22.1. The van der Waals surface area contributed by atoms with Gasteiger partial charge in [-0.1, -0.05) is 30.3 Å². The summed E-state index contributed by atoms with van der Waals surface area (Å²) in [7, 11) is 3.09. The van der Waals surface area contributed by atoms with Crippen molar-refractivity contribution in [3.8, 4) is 17.2 Å². The summed E-state index contributed by atoms with van der Waals surface area (Å²) >= 11 is 0. The van der Waals surface area contributed by atoms with Gasteiger partial charge in [0.2, 0.25) is 11.6 Å². The molecule has 0 saturated carbocycles. The molecule has 1 heterocycles. The topological polar surface area (TPSA) is 126 Å². The first-order valence-corrected chi connectivity index (χ1v) is 12.3. The maximum absolute atomic E-state index is 13.1. The van der Waals surface area contributed by atoms with Gasteiger partial charge in [-0.15, -0.1) is 0 Å². The second kappa shape index (κ2) is 11.3. The normalized spacial score (nSPS) is 13.2. The van der Waals surface area contributed by atoms with Crippen LogP contribution in [0.4, 0.5) is 5.82 Å². The Balaban J connectivity index is 1.43. The van der Waals surface area contributed by atoms with Crippen molar-refractivity contribution >= 4 is 44.8 Å². The maximum Gasteiger partial charge on any atom is 0.223 e. The zero-order chi connectivity index (χ0) is 28.2. The standard InChI is InChI=1S/C30H25N3O7/c1-17(34)19-9-8-18-6-4-5-7-20(18)29(19)40-26-15-24(35)23(13-25(26)36)33-30-21-12-27(38-3)28(39-11-10-37-2)14-22(21)31-16-32-30/h4-9,12-16H,10-11H2,1-3H3,(H,31,32,33). The van der Waals surface area contributed by atoms with E-state index >= 15 is 0 Å². The number of hydrogen-bond donors (Lipinski definition) is 1. The summed E-state index contributed by atoms with van der Waals surface area (Å²) in [6, 6.07) is 14.1. The van der Waals surface area contributed by atoms with Crippen LogP contribution in [-0.2, 0) is 14.3 Å². The van der Waals surface area contributed by atoms with Gasteiger partial charge in [0.15, 0.2) is 23.0 Å². The molecule has 202 valence electrons. The molecule has 0 fully saturated rings. The lowest BCUT2D eigenvalue weighted by molar-refractivity contribution is -0.116. The largest absolute Gasteiger partial charge is 0.493 e. The van der Waals surface area contributed by atoms with Crippen molar-refractivity contribution in [2.24, 2.45) is 0 Å². The number of nitrogens with zero attached hydrogens (tertiary/aromatic N) is 2. The summed E-state index contributed by atoms with van der Waals surface area (Å²) in [5, 5.41) is 4.97. The molecule has 0 saturated heterocycles. The molecule has 0 spiro atoms. The van der Waals surface area contributed by atoms with E-state index in [9.17, 15) is 14.4 Å². The first-order valence-electron chi connectivity index (χ1n) is 12.3. The van der Waals surface area contributed by atoms with Gasteiger partial charge < -0.3 is 24.3 Å². The average molecular weight is 540 g/mol. The fraction of sp³-hybridized carbons (Fsp3) is 0.167. The smallest absolute Gasteiger partial charge is 0.223 e. The lowest BCUT2D eigenvalue weighted by Gasteiger charge is -2.18. The van der Waals surface area contributed by atoms with Crippen LogP contribution in [0.2, 0.25) is 0 Å². The molecule has 10 heteroatoms. The molecule has 1 aliphatic rings. The Bertz CT molecular complexity index is 1730. The van der Waals surface area contributed by atoms with E-state index < -0.39 is 11.6 Å². The minimum Gasteiger partial charge on any atom is -0.493 e. The number of allylic oxidation sites excluding steroid dienone is 2. The molecule has 1 N–H and O–H groups in total. The molecule has 0 atom stereocenters. The molecular weight excluding hydrogens is 514 g/mol. The van der Waals surface area contributed by atoms with Crippen molar-refractivity contribution in [3.05, 3.63) is 84.0 Å². The third kappa shape index (κ3) is 5.25. The predicted molar refractivity (Wildman–Crippen MR) is 148 cm³/mol. The van der Waals surface area contributed by atoms with Gasteiger partial charge in [0.25, 0.3) is 0 Å². The molecule has 5 rings (SSSR count). The summed E-state index contributed by atoms with van der Waals surface area (Å²) in [5.41, 5.74) is 0.842. The molecule has 4 aromatic rings. The quantitative estimate of drug-likeness (QED) is 0.176. The monoisotopic (exact) mass is 539 g/mol. The second-order valence-electron chi connectivity index (χ2n) is 8.83. The van der Waals surface area contributed by atoms with Crippen LogP contribution in [0.3, 0.4) is 0 Å². The number of fused-ring (bicyclic) bond motifs is 2.